The summed E-state index contributed by atoms with van der Waals surface area (Å²) in [7, 11) is 0. The fourth-order valence-corrected chi connectivity index (χ4v) is 1.32. The Morgan fingerprint density at radius 3 is 3.00 bits per heavy atom. The molecule has 0 amide bonds. The van der Waals surface area contributed by atoms with Crippen molar-refractivity contribution < 1.29 is 14.6 Å². The number of carbonyl (C=O) groups is 1. The summed E-state index contributed by atoms with van der Waals surface area (Å²) in [4.78, 5) is 18.9. The minimum Gasteiger partial charge on any atom is -0.501 e. The highest BCUT2D eigenvalue weighted by Gasteiger charge is 2.11. The Morgan fingerprint density at radius 1 is 1.69 bits per heavy atom. The van der Waals surface area contributed by atoms with E-state index < -0.39 is 5.97 Å². The Balaban J connectivity index is 3.03. The summed E-state index contributed by atoms with van der Waals surface area (Å²) < 4.78 is 4.99. The van der Waals surface area contributed by atoms with Gasteiger partial charge < -0.3 is 9.84 Å². The molecule has 0 aliphatic carbocycles. The standard InChI is InChI=1S/C10H12N2O3S/c1-3-15-5-4-7-6-11-10(16-2)12-8(7)9(13)14/h4-6H,3H2,1-2H3,(H,13,14). The molecule has 5 nitrogen and oxygen atoms in total. The summed E-state index contributed by atoms with van der Waals surface area (Å²) in [6.45, 7) is 2.37. The van der Waals surface area contributed by atoms with Crippen molar-refractivity contribution in [1.82, 2.24) is 9.97 Å². The molecule has 0 bridgehead atoms. The topological polar surface area (TPSA) is 72.3 Å². The van der Waals surface area contributed by atoms with Crippen LogP contribution in [0, 0.1) is 0 Å². The van der Waals surface area contributed by atoms with Crippen LogP contribution in [0.4, 0.5) is 0 Å². The van der Waals surface area contributed by atoms with E-state index in [0.717, 1.165) is 0 Å². The largest absolute Gasteiger partial charge is 0.501 e. The van der Waals surface area contributed by atoms with Crippen molar-refractivity contribution in [3.05, 3.63) is 23.7 Å². The molecule has 0 saturated carbocycles. The van der Waals surface area contributed by atoms with Gasteiger partial charge in [0, 0.05) is 11.8 Å². The molecule has 1 N–H and O–H groups in total. The molecular weight excluding hydrogens is 228 g/mol. The first-order valence-corrected chi connectivity index (χ1v) is 5.84. The van der Waals surface area contributed by atoms with Crippen molar-refractivity contribution in [3.8, 4) is 0 Å². The second kappa shape index (κ2) is 6.12. The molecule has 0 aromatic carbocycles. The molecule has 16 heavy (non-hydrogen) atoms. The average molecular weight is 240 g/mol. The van der Waals surface area contributed by atoms with Gasteiger partial charge in [-0.3, -0.25) is 0 Å². The number of rotatable bonds is 5. The van der Waals surface area contributed by atoms with Crippen molar-refractivity contribution in [2.75, 3.05) is 12.9 Å². The van der Waals surface area contributed by atoms with Crippen LogP contribution in [0.25, 0.3) is 6.08 Å². The lowest BCUT2D eigenvalue weighted by Gasteiger charge is -2.01. The maximum atomic E-state index is 10.9. The zero-order valence-electron chi connectivity index (χ0n) is 9.01. The number of carboxylic acid groups (broad SMARTS) is 1. The molecule has 0 aliphatic rings. The molecule has 0 radical (unpaired) electrons. The van der Waals surface area contributed by atoms with E-state index in [1.54, 1.807) is 6.26 Å². The second-order valence-corrected chi connectivity index (χ2v) is 3.50. The van der Waals surface area contributed by atoms with E-state index in [1.807, 2.05) is 6.92 Å². The SMILES string of the molecule is CCOC=Cc1cnc(SC)nc1C(=O)O. The van der Waals surface area contributed by atoms with Gasteiger partial charge in [-0.2, -0.15) is 0 Å². The van der Waals surface area contributed by atoms with Crippen molar-refractivity contribution >= 4 is 23.8 Å². The number of aromatic carboxylic acids is 1. The number of carboxylic acids is 1. The van der Waals surface area contributed by atoms with Crippen LogP contribution >= 0.6 is 11.8 Å². The molecule has 1 aromatic rings. The number of thioether (sulfide) groups is 1. The third-order valence-electron chi connectivity index (χ3n) is 1.69. The van der Waals surface area contributed by atoms with Gasteiger partial charge in [0.05, 0.1) is 12.9 Å². The molecular formula is C10H12N2O3S. The highest BCUT2D eigenvalue weighted by molar-refractivity contribution is 7.98. The summed E-state index contributed by atoms with van der Waals surface area (Å²) in [6, 6.07) is 0. The van der Waals surface area contributed by atoms with Crippen molar-refractivity contribution in [2.24, 2.45) is 0 Å². The molecule has 6 heteroatoms. The lowest BCUT2D eigenvalue weighted by Crippen LogP contribution is -2.05. The maximum Gasteiger partial charge on any atom is 0.355 e. The zero-order valence-corrected chi connectivity index (χ0v) is 9.82. The zero-order chi connectivity index (χ0) is 12.0. The predicted octanol–water partition coefficient (Wildman–Crippen LogP) is 1.90. The summed E-state index contributed by atoms with van der Waals surface area (Å²) in [6.07, 6.45) is 6.23. The predicted molar refractivity (Wildman–Crippen MR) is 61.4 cm³/mol. The van der Waals surface area contributed by atoms with Crippen LogP contribution in [0.3, 0.4) is 0 Å². The Labute approximate surface area is 97.6 Å². The number of ether oxygens (including phenoxy) is 1. The molecule has 0 aliphatic heterocycles. The van der Waals surface area contributed by atoms with Gasteiger partial charge >= 0.3 is 5.97 Å². The second-order valence-electron chi connectivity index (χ2n) is 2.72. The van der Waals surface area contributed by atoms with Crippen LogP contribution in [0.1, 0.15) is 23.0 Å². The highest BCUT2D eigenvalue weighted by atomic mass is 32.2. The molecule has 0 unspecified atom stereocenters. The molecule has 0 spiro atoms. The van der Waals surface area contributed by atoms with E-state index >= 15 is 0 Å². The van der Waals surface area contributed by atoms with Crippen molar-refractivity contribution in [1.29, 1.82) is 0 Å². The number of hydrogen-bond acceptors (Lipinski definition) is 5. The van der Waals surface area contributed by atoms with Crippen LogP contribution in [-0.4, -0.2) is 33.9 Å². The minimum absolute atomic E-state index is 0.0182. The van der Waals surface area contributed by atoms with Crippen LogP contribution in [-0.2, 0) is 4.74 Å². The van der Waals surface area contributed by atoms with Gasteiger partial charge in [0.25, 0.3) is 0 Å². The van der Waals surface area contributed by atoms with E-state index in [4.69, 9.17) is 9.84 Å². The Hall–Kier alpha value is -1.56. The molecule has 0 fully saturated rings. The first-order chi connectivity index (χ1) is 7.69. The highest BCUT2D eigenvalue weighted by Crippen LogP contribution is 2.13. The summed E-state index contributed by atoms with van der Waals surface area (Å²) in [5.74, 6) is -1.08. The third kappa shape index (κ3) is 3.23. The smallest absolute Gasteiger partial charge is 0.355 e. The van der Waals surface area contributed by atoms with Gasteiger partial charge in [0.2, 0.25) is 0 Å². The van der Waals surface area contributed by atoms with Gasteiger partial charge in [-0.1, -0.05) is 11.8 Å². The van der Waals surface area contributed by atoms with Crippen LogP contribution < -0.4 is 0 Å². The summed E-state index contributed by atoms with van der Waals surface area (Å²) in [5, 5.41) is 9.40. The number of aromatic nitrogens is 2. The quantitative estimate of drug-likeness (QED) is 0.481. The van der Waals surface area contributed by atoms with Crippen LogP contribution in [0.15, 0.2) is 17.6 Å². The van der Waals surface area contributed by atoms with Crippen molar-refractivity contribution in [3.63, 3.8) is 0 Å². The molecule has 86 valence electrons. The molecule has 0 atom stereocenters. The van der Waals surface area contributed by atoms with Gasteiger partial charge in [-0.05, 0) is 19.3 Å². The van der Waals surface area contributed by atoms with E-state index in [9.17, 15) is 4.79 Å². The van der Waals surface area contributed by atoms with Crippen molar-refractivity contribution in [2.45, 2.75) is 12.1 Å². The maximum absolute atomic E-state index is 10.9. The molecule has 0 saturated heterocycles. The average Bonchev–Trinajstić information content (AvgIpc) is 2.29. The number of nitrogens with zero attached hydrogens (tertiary/aromatic N) is 2. The first-order valence-electron chi connectivity index (χ1n) is 4.61. The fourth-order valence-electron chi connectivity index (χ4n) is 0.984. The van der Waals surface area contributed by atoms with Gasteiger partial charge in [0.15, 0.2) is 10.9 Å². The summed E-state index contributed by atoms with van der Waals surface area (Å²) in [5.41, 5.74) is 0.411. The van der Waals surface area contributed by atoms with Crippen LogP contribution in [0.5, 0.6) is 0 Å². The lowest BCUT2D eigenvalue weighted by molar-refractivity contribution is 0.0689. The Morgan fingerprint density at radius 2 is 2.44 bits per heavy atom. The first kappa shape index (κ1) is 12.5. The number of hydrogen-bond donors (Lipinski definition) is 1. The lowest BCUT2D eigenvalue weighted by atomic mass is 10.2. The monoisotopic (exact) mass is 240 g/mol. The molecule has 1 heterocycles. The summed E-state index contributed by atoms with van der Waals surface area (Å²) >= 11 is 1.30. The van der Waals surface area contributed by atoms with E-state index in [0.29, 0.717) is 17.3 Å². The third-order valence-corrected chi connectivity index (χ3v) is 2.25. The van der Waals surface area contributed by atoms with E-state index in [2.05, 4.69) is 9.97 Å². The van der Waals surface area contributed by atoms with Gasteiger partial charge in [0.1, 0.15) is 0 Å². The Kier molecular flexibility index (Phi) is 4.78. The van der Waals surface area contributed by atoms with E-state index in [-0.39, 0.29) is 5.69 Å². The normalized spacial score (nSPS) is 10.6. The molecule has 1 aromatic heterocycles. The molecule has 1 rings (SSSR count). The fraction of sp³-hybridized carbons (Fsp3) is 0.300. The van der Waals surface area contributed by atoms with Crippen LogP contribution in [0.2, 0.25) is 0 Å². The van der Waals surface area contributed by atoms with Gasteiger partial charge in [-0.15, -0.1) is 0 Å². The van der Waals surface area contributed by atoms with E-state index in [1.165, 1.54) is 30.3 Å². The minimum atomic E-state index is -1.08. The van der Waals surface area contributed by atoms with Gasteiger partial charge in [-0.25, -0.2) is 14.8 Å². The Bertz CT molecular complexity index is 407.